The molecule has 2 aliphatic rings. The van der Waals surface area contributed by atoms with Crippen LogP contribution in [0.4, 0.5) is 0 Å². The first-order valence-corrected chi connectivity index (χ1v) is 9.94. The van der Waals surface area contributed by atoms with E-state index < -0.39 is 0 Å². The molecular formula is C19H27N7O2. The van der Waals surface area contributed by atoms with Crippen LogP contribution in [-0.2, 0) is 23.2 Å². The summed E-state index contributed by atoms with van der Waals surface area (Å²) in [5.74, 6) is 3.29. The normalized spacial score (nSPS) is 18.3. The molecule has 2 saturated heterocycles. The standard InChI is InChI=1S/C19H27N7O2/c1-14-20-7-11-25(14)12-16-21-22-19(23(16)2)15-5-9-24(10-6-15)18(28)13-26-8-3-4-17(26)27/h7,11,15H,3-6,8-10,12-13H2,1-2H3. The summed E-state index contributed by atoms with van der Waals surface area (Å²) in [7, 11) is 2.01. The molecule has 9 heteroatoms. The Bertz CT molecular complexity index is 864. The number of aryl methyl sites for hydroxylation is 1. The van der Waals surface area contributed by atoms with E-state index in [0.29, 0.717) is 38.5 Å². The van der Waals surface area contributed by atoms with Crippen LogP contribution < -0.4 is 0 Å². The van der Waals surface area contributed by atoms with Crippen molar-refractivity contribution in [2.75, 3.05) is 26.2 Å². The van der Waals surface area contributed by atoms with Crippen LogP contribution in [0.5, 0.6) is 0 Å². The molecule has 0 bridgehead atoms. The number of imidazole rings is 1. The van der Waals surface area contributed by atoms with Gasteiger partial charge in [-0.15, -0.1) is 10.2 Å². The molecule has 2 fully saturated rings. The molecule has 0 aromatic carbocycles. The lowest BCUT2D eigenvalue weighted by Gasteiger charge is -2.32. The fourth-order valence-electron chi connectivity index (χ4n) is 4.11. The second-order valence-electron chi connectivity index (χ2n) is 7.71. The molecule has 28 heavy (non-hydrogen) atoms. The zero-order chi connectivity index (χ0) is 19.7. The molecule has 9 nitrogen and oxygen atoms in total. The van der Waals surface area contributed by atoms with Crippen molar-refractivity contribution < 1.29 is 9.59 Å². The first kappa shape index (κ1) is 18.6. The summed E-state index contributed by atoms with van der Waals surface area (Å²) in [6.45, 7) is 4.96. The average Bonchev–Trinajstić information content (AvgIpc) is 3.39. The Hall–Kier alpha value is -2.71. The maximum Gasteiger partial charge on any atom is 0.242 e. The Morgan fingerprint density at radius 3 is 2.64 bits per heavy atom. The summed E-state index contributed by atoms with van der Waals surface area (Å²) < 4.78 is 4.12. The number of piperidine rings is 1. The highest BCUT2D eigenvalue weighted by Crippen LogP contribution is 2.27. The molecule has 0 aliphatic carbocycles. The van der Waals surface area contributed by atoms with Crippen LogP contribution in [0.1, 0.15) is 49.1 Å². The van der Waals surface area contributed by atoms with Crippen molar-refractivity contribution in [1.82, 2.24) is 34.1 Å². The highest BCUT2D eigenvalue weighted by atomic mass is 16.2. The van der Waals surface area contributed by atoms with E-state index >= 15 is 0 Å². The average molecular weight is 385 g/mol. The van der Waals surface area contributed by atoms with Crippen molar-refractivity contribution >= 4 is 11.8 Å². The first-order valence-electron chi connectivity index (χ1n) is 9.94. The summed E-state index contributed by atoms with van der Waals surface area (Å²) in [6.07, 6.45) is 6.91. The van der Waals surface area contributed by atoms with Gasteiger partial charge in [0, 0.05) is 51.4 Å². The van der Waals surface area contributed by atoms with E-state index in [1.807, 2.05) is 25.1 Å². The Labute approximate surface area is 164 Å². The minimum Gasteiger partial charge on any atom is -0.341 e. The summed E-state index contributed by atoms with van der Waals surface area (Å²) in [5.41, 5.74) is 0. The molecule has 0 N–H and O–H groups in total. The van der Waals surface area contributed by atoms with Gasteiger partial charge in [0.25, 0.3) is 0 Å². The number of amides is 2. The number of nitrogens with zero attached hydrogens (tertiary/aromatic N) is 7. The van der Waals surface area contributed by atoms with Crippen molar-refractivity contribution in [1.29, 1.82) is 0 Å². The molecule has 0 spiro atoms. The fourth-order valence-corrected chi connectivity index (χ4v) is 4.11. The minimum absolute atomic E-state index is 0.0583. The summed E-state index contributed by atoms with van der Waals surface area (Å²) >= 11 is 0. The third-order valence-electron chi connectivity index (χ3n) is 5.94. The second-order valence-corrected chi connectivity index (χ2v) is 7.71. The zero-order valence-corrected chi connectivity index (χ0v) is 16.5. The number of carbonyl (C=O) groups excluding carboxylic acids is 2. The third kappa shape index (κ3) is 3.65. The first-order chi connectivity index (χ1) is 13.5. The minimum atomic E-state index is 0.0583. The predicted molar refractivity (Wildman–Crippen MR) is 101 cm³/mol. The van der Waals surface area contributed by atoms with Gasteiger partial charge in [-0.2, -0.15) is 0 Å². The molecule has 2 aliphatic heterocycles. The molecule has 2 aromatic heterocycles. The van der Waals surface area contributed by atoms with Crippen LogP contribution in [-0.4, -0.2) is 72.1 Å². The number of likely N-dealkylation sites (tertiary alicyclic amines) is 2. The molecule has 2 aromatic rings. The molecular weight excluding hydrogens is 358 g/mol. The van der Waals surface area contributed by atoms with E-state index in [2.05, 4.69) is 24.3 Å². The van der Waals surface area contributed by atoms with Crippen molar-refractivity contribution in [3.63, 3.8) is 0 Å². The third-order valence-corrected chi connectivity index (χ3v) is 5.94. The Balaban J connectivity index is 1.34. The molecule has 0 radical (unpaired) electrons. The van der Waals surface area contributed by atoms with Gasteiger partial charge in [-0.05, 0) is 26.2 Å². The van der Waals surface area contributed by atoms with Crippen molar-refractivity contribution in [3.05, 3.63) is 29.9 Å². The predicted octanol–water partition coefficient (Wildman–Crippen LogP) is 0.697. The number of hydrogen-bond acceptors (Lipinski definition) is 5. The molecule has 0 saturated carbocycles. The van der Waals surface area contributed by atoms with Crippen LogP contribution in [0.2, 0.25) is 0 Å². The van der Waals surface area contributed by atoms with Crippen molar-refractivity contribution in [3.8, 4) is 0 Å². The zero-order valence-electron chi connectivity index (χ0n) is 16.5. The smallest absolute Gasteiger partial charge is 0.242 e. The number of hydrogen-bond donors (Lipinski definition) is 0. The van der Waals surface area contributed by atoms with Crippen LogP contribution in [0.3, 0.4) is 0 Å². The SMILES string of the molecule is Cc1nccn1Cc1nnc(C2CCN(C(=O)CN3CCCC3=O)CC2)n1C. The topological polar surface area (TPSA) is 89.2 Å². The maximum atomic E-state index is 12.5. The van der Waals surface area contributed by atoms with Gasteiger partial charge in [-0.25, -0.2) is 4.98 Å². The maximum absolute atomic E-state index is 12.5. The quantitative estimate of drug-likeness (QED) is 0.756. The Kier molecular flexibility index (Phi) is 5.15. The second kappa shape index (κ2) is 7.73. The van der Waals surface area contributed by atoms with Gasteiger partial charge < -0.3 is 18.9 Å². The van der Waals surface area contributed by atoms with Gasteiger partial charge in [0.05, 0.1) is 13.1 Å². The molecule has 4 heterocycles. The van der Waals surface area contributed by atoms with E-state index in [4.69, 9.17) is 0 Å². The number of aromatic nitrogens is 5. The molecule has 4 rings (SSSR count). The summed E-state index contributed by atoms with van der Waals surface area (Å²) in [5, 5.41) is 8.81. The van der Waals surface area contributed by atoms with Gasteiger partial charge in [0.2, 0.25) is 11.8 Å². The van der Waals surface area contributed by atoms with Crippen molar-refractivity contribution in [2.24, 2.45) is 7.05 Å². The summed E-state index contributed by atoms with van der Waals surface area (Å²) in [6, 6.07) is 0. The lowest BCUT2D eigenvalue weighted by molar-refractivity contribution is -0.139. The van der Waals surface area contributed by atoms with Gasteiger partial charge in [0.1, 0.15) is 11.6 Å². The van der Waals surface area contributed by atoms with E-state index in [1.165, 1.54) is 0 Å². The van der Waals surface area contributed by atoms with E-state index in [1.54, 1.807) is 11.1 Å². The summed E-state index contributed by atoms with van der Waals surface area (Å²) in [4.78, 5) is 32.1. The van der Waals surface area contributed by atoms with Gasteiger partial charge in [0.15, 0.2) is 5.82 Å². The van der Waals surface area contributed by atoms with Gasteiger partial charge >= 0.3 is 0 Å². The lowest BCUT2D eigenvalue weighted by atomic mass is 9.96. The van der Waals surface area contributed by atoms with Crippen LogP contribution in [0, 0.1) is 6.92 Å². The van der Waals surface area contributed by atoms with Crippen LogP contribution >= 0.6 is 0 Å². The fraction of sp³-hybridized carbons (Fsp3) is 0.632. The monoisotopic (exact) mass is 385 g/mol. The highest BCUT2D eigenvalue weighted by molar-refractivity contribution is 5.85. The van der Waals surface area contributed by atoms with E-state index in [-0.39, 0.29) is 18.4 Å². The Morgan fingerprint density at radius 1 is 1.21 bits per heavy atom. The number of carbonyl (C=O) groups is 2. The molecule has 2 amide bonds. The van der Waals surface area contributed by atoms with Gasteiger partial charge in [-0.1, -0.05) is 0 Å². The van der Waals surface area contributed by atoms with Crippen LogP contribution in [0.25, 0.3) is 0 Å². The Morgan fingerprint density at radius 2 is 2.00 bits per heavy atom. The van der Waals surface area contributed by atoms with E-state index in [0.717, 1.165) is 36.7 Å². The lowest BCUT2D eigenvalue weighted by Crippen LogP contribution is -2.44. The van der Waals surface area contributed by atoms with Crippen LogP contribution in [0.15, 0.2) is 12.4 Å². The molecule has 150 valence electrons. The largest absolute Gasteiger partial charge is 0.341 e. The van der Waals surface area contributed by atoms with Gasteiger partial charge in [-0.3, -0.25) is 9.59 Å². The highest BCUT2D eigenvalue weighted by Gasteiger charge is 2.30. The molecule has 0 unspecified atom stereocenters. The number of rotatable bonds is 5. The van der Waals surface area contributed by atoms with Crippen molar-refractivity contribution in [2.45, 2.75) is 45.1 Å². The van der Waals surface area contributed by atoms with E-state index in [9.17, 15) is 9.59 Å². The molecule has 0 atom stereocenters.